The number of rotatable bonds is 8. The molecule has 34 heavy (non-hydrogen) atoms. The number of hydrogen-bond donors (Lipinski definition) is 3. The van der Waals surface area contributed by atoms with Gasteiger partial charge in [0.15, 0.2) is 0 Å². The fourth-order valence-corrected chi connectivity index (χ4v) is 4.39. The Balaban J connectivity index is 1.92. The lowest BCUT2D eigenvalue weighted by atomic mass is 9.74. The second-order valence-corrected chi connectivity index (χ2v) is 8.62. The molecule has 3 N–H and O–H groups in total. The van der Waals surface area contributed by atoms with Crippen LogP contribution >= 0.6 is 0 Å². The van der Waals surface area contributed by atoms with Crippen LogP contribution in [0.3, 0.4) is 0 Å². The van der Waals surface area contributed by atoms with Crippen molar-refractivity contribution < 1.29 is 37.1 Å². The van der Waals surface area contributed by atoms with E-state index in [0.717, 1.165) is 0 Å². The van der Waals surface area contributed by atoms with E-state index in [2.05, 4.69) is 10.6 Å². The van der Waals surface area contributed by atoms with Crippen LogP contribution in [-0.2, 0) is 11.3 Å². The van der Waals surface area contributed by atoms with E-state index in [-0.39, 0.29) is 29.1 Å². The van der Waals surface area contributed by atoms with Crippen molar-refractivity contribution in [1.82, 2.24) is 9.88 Å². The van der Waals surface area contributed by atoms with Gasteiger partial charge in [0.1, 0.15) is 12.5 Å². The lowest BCUT2D eigenvalue weighted by Gasteiger charge is -2.46. The van der Waals surface area contributed by atoms with Gasteiger partial charge in [-0.25, -0.2) is 17.6 Å². The van der Waals surface area contributed by atoms with Gasteiger partial charge in [0.25, 0.3) is 23.5 Å². The van der Waals surface area contributed by atoms with Crippen LogP contribution in [0, 0.1) is 26.6 Å². The molecule has 1 aliphatic rings. The summed E-state index contributed by atoms with van der Waals surface area (Å²) in [7, 11) is 0. The van der Waals surface area contributed by atoms with Gasteiger partial charge >= 0.3 is 0 Å². The topological polar surface area (TPSA) is 100 Å². The number of benzene rings is 1. The first-order valence-corrected chi connectivity index (χ1v) is 10.5. The molecule has 0 atom stereocenters. The molecule has 0 saturated heterocycles. The van der Waals surface area contributed by atoms with Crippen molar-refractivity contribution >= 4 is 23.3 Å². The molecule has 2 aromatic rings. The number of anilines is 1. The third-order valence-electron chi connectivity index (χ3n) is 6.01. The number of ketones is 1. The first-order valence-electron chi connectivity index (χ1n) is 10.5. The largest absolute Gasteiger partial charge is 0.394 e. The van der Waals surface area contributed by atoms with E-state index in [4.69, 9.17) is 0 Å². The Morgan fingerprint density at radius 3 is 2.32 bits per heavy atom. The summed E-state index contributed by atoms with van der Waals surface area (Å²) in [6.07, 6.45) is -1.63. The van der Waals surface area contributed by atoms with Crippen molar-refractivity contribution in [1.29, 1.82) is 0 Å². The predicted molar refractivity (Wildman–Crippen MR) is 115 cm³/mol. The number of aromatic nitrogens is 1. The summed E-state index contributed by atoms with van der Waals surface area (Å²) >= 11 is 0. The van der Waals surface area contributed by atoms with Crippen molar-refractivity contribution in [2.45, 2.75) is 51.6 Å². The average molecular weight is 483 g/mol. The van der Waals surface area contributed by atoms with E-state index in [1.165, 1.54) is 43.5 Å². The van der Waals surface area contributed by atoms with Gasteiger partial charge in [0.2, 0.25) is 0 Å². The molecule has 0 unspecified atom stereocenters. The lowest BCUT2D eigenvalue weighted by Crippen LogP contribution is -2.65. The highest BCUT2D eigenvalue weighted by molar-refractivity contribution is 6.43. The van der Waals surface area contributed by atoms with E-state index in [0.29, 0.717) is 11.3 Å². The van der Waals surface area contributed by atoms with E-state index >= 15 is 0 Å². The number of aliphatic hydroxyl groups excluding tert-OH is 1. The minimum absolute atomic E-state index is 0.0265. The van der Waals surface area contributed by atoms with Crippen LogP contribution in [0.2, 0.25) is 0 Å². The van der Waals surface area contributed by atoms with E-state index < -0.39 is 61.0 Å². The zero-order valence-corrected chi connectivity index (χ0v) is 18.9. The van der Waals surface area contributed by atoms with Gasteiger partial charge in [-0.2, -0.15) is 0 Å². The quantitative estimate of drug-likeness (QED) is 0.305. The summed E-state index contributed by atoms with van der Waals surface area (Å²) < 4.78 is 54.6. The van der Waals surface area contributed by atoms with Gasteiger partial charge in [0, 0.05) is 24.2 Å². The van der Waals surface area contributed by atoms with Crippen molar-refractivity contribution in [3.63, 3.8) is 0 Å². The molecule has 0 aliphatic heterocycles. The number of aliphatic hydroxyl groups is 1. The highest BCUT2D eigenvalue weighted by Crippen LogP contribution is 2.45. The fraction of sp³-hybridized carbons (Fsp3) is 0.435. The second-order valence-electron chi connectivity index (χ2n) is 8.62. The normalized spacial score (nSPS) is 16.0. The number of nitrogens with zero attached hydrogens (tertiary/aromatic N) is 1. The van der Waals surface area contributed by atoms with Gasteiger partial charge in [-0.15, -0.1) is 0 Å². The Morgan fingerprint density at radius 2 is 1.79 bits per heavy atom. The number of hydrogen-bond acceptors (Lipinski definition) is 4. The zero-order chi connectivity index (χ0) is 25.4. The van der Waals surface area contributed by atoms with Crippen LogP contribution in [-0.4, -0.2) is 52.0 Å². The minimum atomic E-state index is -3.07. The number of carbonyl (C=O) groups excluding carboxylic acids is 3. The molecule has 0 spiro atoms. The molecule has 1 heterocycles. The fourth-order valence-electron chi connectivity index (χ4n) is 4.39. The maximum absolute atomic E-state index is 13.5. The van der Waals surface area contributed by atoms with Crippen molar-refractivity contribution in [3.8, 4) is 0 Å². The van der Waals surface area contributed by atoms with E-state index in [1.807, 2.05) is 0 Å². The third kappa shape index (κ3) is 4.70. The van der Waals surface area contributed by atoms with Crippen LogP contribution in [0.1, 0.15) is 50.5 Å². The van der Waals surface area contributed by atoms with Crippen molar-refractivity contribution in [2.75, 3.05) is 18.6 Å². The molecule has 2 amide bonds. The lowest BCUT2D eigenvalue weighted by molar-refractivity contribution is -0.154. The molecule has 0 bridgehead atoms. The summed E-state index contributed by atoms with van der Waals surface area (Å²) in [5, 5.41) is 14.2. The zero-order valence-electron chi connectivity index (χ0n) is 18.9. The van der Waals surface area contributed by atoms with Crippen LogP contribution in [0.15, 0.2) is 18.2 Å². The highest BCUT2D eigenvalue weighted by Gasteiger charge is 2.57. The molecule has 0 radical (unpaired) electrons. The molecular formula is C23H25F4N3O4. The molecule has 1 aromatic heterocycles. The van der Waals surface area contributed by atoms with Gasteiger partial charge in [-0.05, 0) is 50.1 Å². The first-order chi connectivity index (χ1) is 15.8. The first kappa shape index (κ1) is 25.4. The SMILES string of the molecule is Cc1cc(NC(=O)c2c(C)c(C(=O)C(=O)NC3(CO)CC(F)(F)C3)n(CCF)c2C)ccc1F. The van der Waals surface area contributed by atoms with Crippen molar-refractivity contribution in [3.05, 3.63) is 52.1 Å². The third-order valence-corrected chi connectivity index (χ3v) is 6.01. The molecule has 1 aromatic carbocycles. The molecule has 7 nitrogen and oxygen atoms in total. The van der Waals surface area contributed by atoms with Crippen molar-refractivity contribution in [2.24, 2.45) is 0 Å². The Labute approximate surface area is 193 Å². The number of Topliss-reactive ketones (excluding diaryl/α,β-unsaturated/α-hetero) is 1. The number of halogens is 4. The maximum atomic E-state index is 13.5. The van der Waals surface area contributed by atoms with Crippen LogP contribution in [0.4, 0.5) is 23.2 Å². The Morgan fingerprint density at radius 1 is 1.15 bits per heavy atom. The van der Waals surface area contributed by atoms with Gasteiger partial charge in [0.05, 0.1) is 29.9 Å². The molecule has 1 fully saturated rings. The number of alkyl halides is 3. The molecule has 1 saturated carbocycles. The Kier molecular flexibility index (Phi) is 6.88. The Hall–Kier alpha value is -3.21. The van der Waals surface area contributed by atoms with Gasteiger partial charge < -0.3 is 20.3 Å². The number of nitrogens with one attached hydrogen (secondary N) is 2. The molecule has 3 rings (SSSR count). The summed E-state index contributed by atoms with van der Waals surface area (Å²) in [5.41, 5.74) is -0.951. The summed E-state index contributed by atoms with van der Waals surface area (Å²) in [6.45, 7) is 2.40. The number of aryl methyl sites for hydroxylation is 1. The second kappa shape index (κ2) is 9.21. The maximum Gasteiger partial charge on any atom is 0.294 e. The molecule has 184 valence electrons. The van der Waals surface area contributed by atoms with E-state index in [1.54, 1.807) is 0 Å². The van der Waals surface area contributed by atoms with Gasteiger partial charge in [-0.3, -0.25) is 14.4 Å². The monoisotopic (exact) mass is 483 g/mol. The smallest absolute Gasteiger partial charge is 0.294 e. The Bertz CT molecular complexity index is 1150. The highest BCUT2D eigenvalue weighted by atomic mass is 19.3. The number of amides is 2. The molecule has 1 aliphatic carbocycles. The summed E-state index contributed by atoms with van der Waals surface area (Å²) in [6, 6.07) is 3.95. The van der Waals surface area contributed by atoms with Crippen LogP contribution < -0.4 is 10.6 Å². The molecular weight excluding hydrogens is 458 g/mol. The van der Waals surface area contributed by atoms with Crippen LogP contribution in [0.25, 0.3) is 0 Å². The number of carbonyl (C=O) groups is 3. The molecule has 11 heteroatoms. The standard InChI is InChI=1S/C23H25F4N3O4/c1-12-8-15(4-5-16(12)25)28-20(33)17-13(2)18(30(7-6-24)14(17)3)19(32)21(34)29-22(11-31)9-23(26,27)10-22/h4-5,8,31H,6-7,9-11H2,1-3H3,(H,28,33)(H,29,34). The minimum Gasteiger partial charge on any atom is -0.394 e. The van der Waals surface area contributed by atoms with Gasteiger partial charge in [-0.1, -0.05) is 0 Å². The van der Waals surface area contributed by atoms with Crippen LogP contribution in [0.5, 0.6) is 0 Å². The average Bonchev–Trinajstić information content (AvgIpc) is 2.98. The summed E-state index contributed by atoms with van der Waals surface area (Å²) in [4.78, 5) is 38.6. The predicted octanol–water partition coefficient (Wildman–Crippen LogP) is 3.23. The van der Waals surface area contributed by atoms with E-state index in [9.17, 15) is 37.1 Å². The summed E-state index contributed by atoms with van der Waals surface area (Å²) in [5.74, 6) is -6.56.